The molecule has 0 unspecified atom stereocenters. The average molecular weight is 351 g/mol. The summed E-state index contributed by atoms with van der Waals surface area (Å²) in [4.78, 5) is 19.8. The summed E-state index contributed by atoms with van der Waals surface area (Å²) < 4.78 is 26.7. The molecule has 1 aromatic heterocycles. The third kappa shape index (κ3) is 3.66. The Balaban J connectivity index is 1.70. The number of nitrogens with one attached hydrogen (secondary N) is 3. The van der Waals surface area contributed by atoms with Crippen LogP contribution in [0.15, 0.2) is 45.7 Å². The van der Waals surface area contributed by atoms with Gasteiger partial charge in [-0.05, 0) is 24.3 Å². The number of anilines is 2. The average Bonchev–Trinajstić information content (AvgIpc) is 3.20. The molecule has 120 valence electrons. The van der Waals surface area contributed by atoms with Gasteiger partial charge in [-0.1, -0.05) is 0 Å². The van der Waals surface area contributed by atoms with Crippen LogP contribution in [-0.2, 0) is 14.8 Å². The summed E-state index contributed by atoms with van der Waals surface area (Å²) in [5.74, 6) is -0.0637. The molecule has 3 rings (SSSR count). The van der Waals surface area contributed by atoms with Crippen molar-refractivity contribution in [2.24, 2.45) is 4.99 Å². The number of hydrogen-bond acceptors (Lipinski definition) is 7. The second-order valence-corrected chi connectivity index (χ2v) is 7.16. The summed E-state index contributed by atoms with van der Waals surface area (Å²) in [6.45, 7) is 1.21. The van der Waals surface area contributed by atoms with E-state index in [1.807, 2.05) is 0 Å². The maximum atomic E-state index is 12.2. The van der Waals surface area contributed by atoms with Crippen molar-refractivity contribution in [1.82, 2.24) is 10.3 Å². The van der Waals surface area contributed by atoms with Gasteiger partial charge in [-0.3, -0.25) is 14.5 Å². The van der Waals surface area contributed by atoms with Gasteiger partial charge in [0.1, 0.15) is 0 Å². The number of benzene rings is 1. The van der Waals surface area contributed by atoms with Crippen LogP contribution in [-0.4, -0.2) is 38.2 Å². The van der Waals surface area contributed by atoms with Crippen LogP contribution in [0.2, 0.25) is 0 Å². The van der Waals surface area contributed by atoms with Gasteiger partial charge >= 0.3 is 0 Å². The van der Waals surface area contributed by atoms with E-state index in [1.54, 1.807) is 5.38 Å². The zero-order valence-corrected chi connectivity index (χ0v) is 13.4. The Morgan fingerprint density at radius 2 is 2.04 bits per heavy atom. The van der Waals surface area contributed by atoms with Crippen molar-refractivity contribution in [1.29, 1.82) is 0 Å². The molecule has 1 aromatic carbocycles. The van der Waals surface area contributed by atoms with E-state index >= 15 is 0 Å². The Kier molecular flexibility index (Phi) is 4.26. The Morgan fingerprint density at radius 3 is 2.65 bits per heavy atom. The van der Waals surface area contributed by atoms with E-state index in [1.165, 1.54) is 41.8 Å². The Labute approximate surface area is 136 Å². The van der Waals surface area contributed by atoms with Gasteiger partial charge in [-0.2, -0.15) is 0 Å². The summed E-state index contributed by atoms with van der Waals surface area (Å²) in [5.41, 5.74) is 0.486. The van der Waals surface area contributed by atoms with E-state index in [0.29, 0.717) is 23.9 Å². The molecule has 0 saturated heterocycles. The molecule has 0 bridgehead atoms. The first-order valence-electron chi connectivity index (χ1n) is 6.67. The van der Waals surface area contributed by atoms with Crippen LogP contribution in [0.3, 0.4) is 0 Å². The largest absolute Gasteiger partial charge is 0.364 e. The fraction of sp³-hybridized carbons (Fsp3) is 0.154. The first-order valence-corrected chi connectivity index (χ1v) is 9.03. The van der Waals surface area contributed by atoms with E-state index in [0.717, 1.165) is 0 Å². The third-order valence-electron chi connectivity index (χ3n) is 2.97. The van der Waals surface area contributed by atoms with Gasteiger partial charge in [0, 0.05) is 23.8 Å². The fourth-order valence-corrected chi connectivity index (χ4v) is 3.69. The highest BCUT2D eigenvalue weighted by Gasteiger charge is 2.17. The van der Waals surface area contributed by atoms with Crippen LogP contribution >= 0.6 is 11.3 Å². The van der Waals surface area contributed by atoms with Crippen molar-refractivity contribution >= 4 is 43.9 Å². The van der Waals surface area contributed by atoms with Crippen molar-refractivity contribution in [2.45, 2.75) is 4.90 Å². The molecule has 0 fully saturated rings. The predicted octanol–water partition coefficient (Wildman–Crippen LogP) is 0.884. The molecule has 1 aliphatic heterocycles. The summed E-state index contributed by atoms with van der Waals surface area (Å²) in [6.07, 6.45) is 1.51. The highest BCUT2D eigenvalue weighted by molar-refractivity contribution is 7.93. The zero-order chi connectivity index (χ0) is 16.3. The fourth-order valence-electron chi connectivity index (χ4n) is 1.91. The molecular formula is C13H13N5O3S2. The molecule has 3 N–H and O–H groups in total. The molecule has 1 amide bonds. The molecule has 0 aliphatic carbocycles. The summed E-state index contributed by atoms with van der Waals surface area (Å²) in [7, 11) is -3.69. The van der Waals surface area contributed by atoms with Gasteiger partial charge in [0.05, 0.1) is 11.4 Å². The first kappa shape index (κ1) is 15.4. The standard InChI is InChI=1S/C13H13N5O3S2/c19-12(11-14-5-6-15-11)17-9-1-3-10(4-2-9)23(20,21)18-13-16-7-8-22-13/h1-4,7-8H,5-6H2,(H,14,15)(H,16,18)(H,17,19). The molecular weight excluding hydrogens is 338 g/mol. The molecule has 0 atom stereocenters. The summed E-state index contributed by atoms with van der Waals surface area (Å²) >= 11 is 1.19. The second kappa shape index (κ2) is 6.34. The Bertz CT molecular complexity index is 829. The molecule has 0 saturated carbocycles. The topological polar surface area (TPSA) is 113 Å². The number of carbonyl (C=O) groups is 1. The molecule has 0 spiro atoms. The number of sulfonamides is 1. The quantitative estimate of drug-likeness (QED) is 0.740. The lowest BCUT2D eigenvalue weighted by atomic mass is 10.3. The van der Waals surface area contributed by atoms with Gasteiger partial charge in [0.2, 0.25) is 0 Å². The number of aliphatic imine (C=N–C) groups is 1. The van der Waals surface area contributed by atoms with Crippen LogP contribution in [0.4, 0.5) is 10.8 Å². The molecule has 1 aliphatic rings. The number of amides is 1. The SMILES string of the molecule is O=C(Nc1ccc(S(=O)(=O)Nc2nccs2)cc1)C1=NCCN1. The molecule has 10 heteroatoms. The Morgan fingerprint density at radius 1 is 1.26 bits per heavy atom. The molecule has 2 heterocycles. The number of amidine groups is 1. The molecule has 23 heavy (non-hydrogen) atoms. The van der Waals surface area contributed by atoms with Crippen LogP contribution < -0.4 is 15.4 Å². The van der Waals surface area contributed by atoms with Crippen LogP contribution in [0.25, 0.3) is 0 Å². The van der Waals surface area contributed by atoms with E-state index in [4.69, 9.17) is 0 Å². The van der Waals surface area contributed by atoms with E-state index < -0.39 is 10.0 Å². The minimum Gasteiger partial charge on any atom is -0.364 e. The van der Waals surface area contributed by atoms with Gasteiger partial charge in [-0.15, -0.1) is 11.3 Å². The van der Waals surface area contributed by atoms with Crippen molar-refractivity contribution in [3.8, 4) is 0 Å². The highest BCUT2D eigenvalue weighted by atomic mass is 32.2. The molecule has 0 radical (unpaired) electrons. The van der Waals surface area contributed by atoms with Crippen molar-refractivity contribution in [3.63, 3.8) is 0 Å². The van der Waals surface area contributed by atoms with Gasteiger partial charge < -0.3 is 10.6 Å². The second-order valence-electron chi connectivity index (χ2n) is 4.58. The molecule has 2 aromatic rings. The van der Waals surface area contributed by atoms with Crippen molar-refractivity contribution < 1.29 is 13.2 Å². The van der Waals surface area contributed by atoms with Gasteiger partial charge in [0.15, 0.2) is 11.0 Å². The van der Waals surface area contributed by atoms with E-state index in [9.17, 15) is 13.2 Å². The smallest absolute Gasteiger partial charge is 0.290 e. The summed E-state index contributed by atoms with van der Waals surface area (Å²) in [6, 6.07) is 5.86. The van der Waals surface area contributed by atoms with E-state index in [2.05, 4.69) is 25.3 Å². The lowest BCUT2D eigenvalue weighted by molar-refractivity contribution is -0.110. The van der Waals surface area contributed by atoms with Crippen molar-refractivity contribution in [2.75, 3.05) is 23.1 Å². The number of aromatic nitrogens is 1. The first-order chi connectivity index (χ1) is 11.0. The monoisotopic (exact) mass is 351 g/mol. The predicted molar refractivity (Wildman–Crippen MR) is 88.3 cm³/mol. The minimum atomic E-state index is -3.69. The number of thiazole rings is 1. The van der Waals surface area contributed by atoms with Gasteiger partial charge in [-0.25, -0.2) is 13.4 Å². The zero-order valence-electron chi connectivity index (χ0n) is 11.8. The van der Waals surface area contributed by atoms with Crippen LogP contribution in [0.5, 0.6) is 0 Å². The lowest BCUT2D eigenvalue weighted by Crippen LogP contribution is -2.32. The van der Waals surface area contributed by atoms with Crippen LogP contribution in [0.1, 0.15) is 0 Å². The number of rotatable bonds is 5. The summed E-state index contributed by atoms with van der Waals surface area (Å²) in [5, 5.41) is 7.49. The highest BCUT2D eigenvalue weighted by Crippen LogP contribution is 2.19. The van der Waals surface area contributed by atoms with Crippen molar-refractivity contribution in [3.05, 3.63) is 35.8 Å². The number of carbonyl (C=O) groups excluding carboxylic acids is 1. The lowest BCUT2D eigenvalue weighted by Gasteiger charge is -2.08. The maximum Gasteiger partial charge on any atom is 0.290 e. The number of nitrogens with zero attached hydrogens (tertiary/aromatic N) is 2. The van der Waals surface area contributed by atoms with Gasteiger partial charge in [0.25, 0.3) is 15.9 Å². The van der Waals surface area contributed by atoms with Crippen LogP contribution in [0, 0.1) is 0 Å². The minimum absolute atomic E-state index is 0.0852. The van der Waals surface area contributed by atoms with E-state index in [-0.39, 0.29) is 16.6 Å². The normalized spacial score (nSPS) is 14.0. The number of hydrogen-bond donors (Lipinski definition) is 3. The molecule has 8 nitrogen and oxygen atoms in total. The Hall–Kier alpha value is -2.46. The third-order valence-corrected chi connectivity index (χ3v) is 5.14. The maximum absolute atomic E-state index is 12.2.